The van der Waals surface area contributed by atoms with Crippen LogP contribution in [0.5, 0.6) is 0 Å². The first-order valence-corrected chi connectivity index (χ1v) is 9.17. The molecule has 4 rings (SSSR count). The molecular weight excluding hydrogens is 324 g/mol. The normalized spacial score (nSPS) is 16.4. The number of H-pyrrole nitrogens is 1. The summed E-state index contributed by atoms with van der Waals surface area (Å²) in [6.45, 7) is 7.90. The van der Waals surface area contributed by atoms with E-state index in [1.165, 1.54) is 5.69 Å². The van der Waals surface area contributed by atoms with Crippen molar-refractivity contribution in [1.82, 2.24) is 14.9 Å². The van der Waals surface area contributed by atoms with Crippen LogP contribution in [0.4, 0.5) is 5.69 Å². The highest BCUT2D eigenvalue weighted by Crippen LogP contribution is 2.27. The quantitative estimate of drug-likeness (QED) is 0.762. The van der Waals surface area contributed by atoms with Gasteiger partial charge in [0.2, 0.25) is 0 Å². The smallest absolute Gasteiger partial charge is 0.138 e. The second-order valence-corrected chi connectivity index (χ2v) is 7.71. The Labute approximate surface area is 154 Å². The molecule has 2 heterocycles. The summed E-state index contributed by atoms with van der Waals surface area (Å²) in [6, 6.07) is 14.4. The maximum absolute atomic E-state index is 10.1. The molecule has 0 atom stereocenters. The lowest BCUT2D eigenvalue weighted by molar-refractivity contribution is 0.0786. The number of hydrogen-bond donors (Lipinski definition) is 2. The zero-order valence-electron chi connectivity index (χ0n) is 15.7. The number of benzene rings is 2. The molecule has 3 aromatic rings. The van der Waals surface area contributed by atoms with Crippen molar-refractivity contribution in [3.63, 3.8) is 0 Å². The molecule has 5 nitrogen and oxygen atoms in total. The SMILES string of the molecule is CN1CCN(c2ccc3nc(-c4ccc(C(C)(C)O)cc4)[nH]c3c2)CC1. The number of imidazole rings is 1. The Morgan fingerprint density at radius 1 is 1.00 bits per heavy atom. The van der Waals surface area contributed by atoms with E-state index in [2.05, 4.69) is 40.0 Å². The largest absolute Gasteiger partial charge is 0.386 e. The van der Waals surface area contributed by atoms with Crippen molar-refractivity contribution in [3.8, 4) is 11.4 Å². The predicted molar refractivity (Wildman–Crippen MR) is 106 cm³/mol. The Balaban J connectivity index is 1.61. The van der Waals surface area contributed by atoms with Crippen molar-refractivity contribution in [3.05, 3.63) is 48.0 Å². The van der Waals surface area contributed by atoms with Gasteiger partial charge in [0.1, 0.15) is 5.82 Å². The number of fused-ring (bicyclic) bond motifs is 1. The highest BCUT2D eigenvalue weighted by atomic mass is 16.3. The molecule has 136 valence electrons. The van der Waals surface area contributed by atoms with Crippen LogP contribution in [0.3, 0.4) is 0 Å². The number of aromatic nitrogens is 2. The van der Waals surface area contributed by atoms with E-state index in [1.807, 2.05) is 24.3 Å². The van der Waals surface area contributed by atoms with E-state index in [4.69, 9.17) is 4.98 Å². The maximum atomic E-state index is 10.1. The van der Waals surface area contributed by atoms with Crippen molar-refractivity contribution in [1.29, 1.82) is 0 Å². The summed E-state index contributed by atoms with van der Waals surface area (Å²) in [5.41, 5.74) is 4.37. The van der Waals surface area contributed by atoms with Crippen molar-refractivity contribution < 1.29 is 5.11 Å². The summed E-state index contributed by atoms with van der Waals surface area (Å²) >= 11 is 0. The predicted octanol–water partition coefficient (Wildman–Crippen LogP) is 3.21. The zero-order chi connectivity index (χ0) is 18.3. The second-order valence-electron chi connectivity index (χ2n) is 7.71. The summed E-state index contributed by atoms with van der Waals surface area (Å²) in [6.07, 6.45) is 0. The highest BCUT2D eigenvalue weighted by molar-refractivity contribution is 5.83. The van der Waals surface area contributed by atoms with Crippen LogP contribution in [0.15, 0.2) is 42.5 Å². The van der Waals surface area contributed by atoms with Gasteiger partial charge in [-0.2, -0.15) is 0 Å². The van der Waals surface area contributed by atoms with Crippen LogP contribution in [-0.2, 0) is 5.60 Å². The number of rotatable bonds is 3. The van der Waals surface area contributed by atoms with Crippen molar-refractivity contribution >= 4 is 16.7 Å². The molecule has 0 radical (unpaired) electrons. The second kappa shape index (κ2) is 6.41. The third-order valence-electron chi connectivity index (χ3n) is 5.20. The van der Waals surface area contributed by atoms with Gasteiger partial charge in [-0.1, -0.05) is 24.3 Å². The number of nitrogens with one attached hydrogen (secondary N) is 1. The van der Waals surface area contributed by atoms with E-state index in [0.717, 1.165) is 54.2 Å². The number of aromatic amines is 1. The molecule has 26 heavy (non-hydrogen) atoms. The lowest BCUT2D eigenvalue weighted by atomic mass is 9.97. The molecule has 0 bridgehead atoms. The molecule has 1 aliphatic heterocycles. The molecule has 1 saturated heterocycles. The van der Waals surface area contributed by atoms with Gasteiger partial charge in [-0.05, 0) is 44.7 Å². The first-order valence-electron chi connectivity index (χ1n) is 9.17. The maximum Gasteiger partial charge on any atom is 0.138 e. The zero-order valence-corrected chi connectivity index (χ0v) is 15.7. The molecule has 1 fully saturated rings. The average molecular weight is 350 g/mol. The van der Waals surface area contributed by atoms with Gasteiger partial charge in [-0.25, -0.2) is 4.98 Å². The summed E-state index contributed by atoms with van der Waals surface area (Å²) < 4.78 is 0. The lowest BCUT2D eigenvalue weighted by Crippen LogP contribution is -2.44. The lowest BCUT2D eigenvalue weighted by Gasteiger charge is -2.34. The summed E-state index contributed by atoms with van der Waals surface area (Å²) in [7, 11) is 2.17. The van der Waals surface area contributed by atoms with Gasteiger partial charge in [0, 0.05) is 37.4 Å². The fraction of sp³-hybridized carbons (Fsp3) is 0.381. The molecule has 2 N–H and O–H groups in total. The molecule has 0 amide bonds. The number of likely N-dealkylation sites (N-methyl/N-ethyl adjacent to an activating group) is 1. The third kappa shape index (κ3) is 3.32. The molecule has 0 saturated carbocycles. The van der Waals surface area contributed by atoms with E-state index in [1.54, 1.807) is 13.8 Å². The van der Waals surface area contributed by atoms with E-state index >= 15 is 0 Å². The minimum absolute atomic E-state index is 0.830. The van der Waals surface area contributed by atoms with Gasteiger partial charge < -0.3 is 19.9 Å². The topological polar surface area (TPSA) is 55.4 Å². The van der Waals surface area contributed by atoms with Gasteiger partial charge in [-0.3, -0.25) is 0 Å². The number of anilines is 1. The molecule has 0 spiro atoms. The van der Waals surface area contributed by atoms with Crippen LogP contribution >= 0.6 is 0 Å². The number of piperazine rings is 1. The van der Waals surface area contributed by atoms with E-state index in [-0.39, 0.29) is 0 Å². The van der Waals surface area contributed by atoms with Crippen LogP contribution in [0.25, 0.3) is 22.4 Å². The van der Waals surface area contributed by atoms with Crippen LogP contribution in [0.1, 0.15) is 19.4 Å². The van der Waals surface area contributed by atoms with Gasteiger partial charge in [0.15, 0.2) is 0 Å². The molecule has 1 aliphatic rings. The minimum atomic E-state index is -0.830. The first-order chi connectivity index (χ1) is 12.4. The van der Waals surface area contributed by atoms with Crippen LogP contribution in [0.2, 0.25) is 0 Å². The molecule has 2 aromatic carbocycles. The van der Waals surface area contributed by atoms with Crippen LogP contribution < -0.4 is 4.90 Å². The monoisotopic (exact) mass is 350 g/mol. The van der Waals surface area contributed by atoms with E-state index < -0.39 is 5.60 Å². The fourth-order valence-corrected chi connectivity index (χ4v) is 3.43. The van der Waals surface area contributed by atoms with Crippen molar-refractivity contribution in [2.45, 2.75) is 19.4 Å². The standard InChI is InChI=1S/C21H26N4O/c1-21(2,26)16-6-4-15(5-7-16)20-22-18-9-8-17(14-19(18)23-20)25-12-10-24(3)11-13-25/h4-9,14,26H,10-13H2,1-3H3,(H,22,23). The van der Waals surface area contributed by atoms with Gasteiger partial charge in [0.05, 0.1) is 16.6 Å². The van der Waals surface area contributed by atoms with Gasteiger partial charge in [0.25, 0.3) is 0 Å². The summed E-state index contributed by atoms with van der Waals surface area (Å²) in [5.74, 6) is 0.859. The Bertz CT molecular complexity index is 900. The summed E-state index contributed by atoms with van der Waals surface area (Å²) in [4.78, 5) is 13.0. The van der Waals surface area contributed by atoms with E-state index in [9.17, 15) is 5.11 Å². The minimum Gasteiger partial charge on any atom is -0.386 e. The van der Waals surface area contributed by atoms with Crippen LogP contribution in [0, 0.1) is 0 Å². The molecule has 0 aliphatic carbocycles. The Hall–Kier alpha value is -2.37. The molecule has 5 heteroatoms. The number of nitrogens with zero attached hydrogens (tertiary/aromatic N) is 3. The Kier molecular flexibility index (Phi) is 4.21. The molecule has 0 unspecified atom stereocenters. The van der Waals surface area contributed by atoms with Crippen molar-refractivity contribution in [2.24, 2.45) is 0 Å². The summed E-state index contributed by atoms with van der Waals surface area (Å²) in [5, 5.41) is 10.1. The average Bonchev–Trinajstić information content (AvgIpc) is 3.05. The van der Waals surface area contributed by atoms with Crippen molar-refractivity contribution in [2.75, 3.05) is 38.1 Å². The molecule has 1 aromatic heterocycles. The third-order valence-corrected chi connectivity index (χ3v) is 5.20. The Morgan fingerprint density at radius 3 is 2.35 bits per heavy atom. The van der Waals surface area contributed by atoms with Gasteiger partial charge in [-0.15, -0.1) is 0 Å². The first kappa shape index (κ1) is 17.1. The number of aliphatic hydroxyl groups is 1. The van der Waals surface area contributed by atoms with E-state index in [0.29, 0.717) is 0 Å². The molecular formula is C21H26N4O. The highest BCUT2D eigenvalue weighted by Gasteiger charge is 2.17. The van der Waals surface area contributed by atoms with Crippen LogP contribution in [-0.4, -0.2) is 53.2 Å². The Morgan fingerprint density at radius 2 is 1.69 bits per heavy atom. The number of hydrogen-bond acceptors (Lipinski definition) is 4. The van der Waals surface area contributed by atoms with Gasteiger partial charge >= 0.3 is 0 Å². The fourth-order valence-electron chi connectivity index (χ4n) is 3.43.